The van der Waals surface area contributed by atoms with Gasteiger partial charge in [0.15, 0.2) is 12.4 Å². The van der Waals surface area contributed by atoms with E-state index in [1.54, 1.807) is 31.3 Å². The minimum atomic E-state index is -0.469. The lowest BCUT2D eigenvalue weighted by atomic mass is 10.1. The molecule has 2 aromatic carbocycles. The number of para-hydroxylation sites is 1. The van der Waals surface area contributed by atoms with Gasteiger partial charge in [-0.3, -0.25) is 15.2 Å². The fourth-order valence-electron chi connectivity index (χ4n) is 3.38. The number of anilines is 3. The molecule has 2 heterocycles. The number of nitrogens with one attached hydrogen (secondary N) is 3. The van der Waals surface area contributed by atoms with Gasteiger partial charge in [0.05, 0.1) is 11.4 Å². The molecule has 0 spiro atoms. The zero-order valence-electron chi connectivity index (χ0n) is 16.4. The van der Waals surface area contributed by atoms with Crippen molar-refractivity contribution in [3.8, 4) is 17.0 Å². The standard InChI is InChI=1S/C21H21N5O3/c1-12-7-13(2)9-14(8-12)16-10-18(25-24-16)23-21(28)22-15-5-4-6-17-20(15)26(3)19(27)11-29-17/h4-10H,11H2,1-3H3,(H3,22,23,24,25,28). The van der Waals surface area contributed by atoms with Crippen LogP contribution < -0.4 is 20.3 Å². The maximum Gasteiger partial charge on any atom is 0.324 e. The van der Waals surface area contributed by atoms with Crippen LogP contribution in [0.5, 0.6) is 5.75 Å². The normalized spacial score (nSPS) is 12.9. The molecular formula is C21H21N5O3. The summed E-state index contributed by atoms with van der Waals surface area (Å²) in [6, 6.07) is 12.7. The highest BCUT2D eigenvalue weighted by Crippen LogP contribution is 2.38. The van der Waals surface area contributed by atoms with Crippen molar-refractivity contribution in [2.45, 2.75) is 13.8 Å². The summed E-state index contributed by atoms with van der Waals surface area (Å²) in [4.78, 5) is 25.9. The van der Waals surface area contributed by atoms with Crippen molar-refractivity contribution in [3.05, 3.63) is 53.6 Å². The molecule has 3 aromatic rings. The van der Waals surface area contributed by atoms with Crippen LogP contribution in [0, 0.1) is 13.8 Å². The van der Waals surface area contributed by atoms with Gasteiger partial charge in [-0.15, -0.1) is 0 Å². The van der Waals surface area contributed by atoms with Crippen molar-refractivity contribution in [2.75, 3.05) is 29.2 Å². The Kier molecular flexibility index (Phi) is 4.67. The molecule has 0 radical (unpaired) electrons. The first-order chi connectivity index (χ1) is 13.9. The topological polar surface area (TPSA) is 99.3 Å². The van der Waals surface area contributed by atoms with Crippen LogP contribution in [0.15, 0.2) is 42.5 Å². The Morgan fingerprint density at radius 1 is 1.14 bits per heavy atom. The molecule has 8 nitrogen and oxygen atoms in total. The molecule has 0 saturated heterocycles. The van der Waals surface area contributed by atoms with Gasteiger partial charge >= 0.3 is 6.03 Å². The van der Waals surface area contributed by atoms with Crippen molar-refractivity contribution in [2.24, 2.45) is 0 Å². The van der Waals surface area contributed by atoms with Crippen molar-refractivity contribution >= 4 is 29.1 Å². The van der Waals surface area contributed by atoms with Crippen LogP contribution in [-0.2, 0) is 4.79 Å². The van der Waals surface area contributed by atoms with E-state index in [0.717, 1.165) is 22.4 Å². The summed E-state index contributed by atoms with van der Waals surface area (Å²) in [6.45, 7) is 4.05. The fraction of sp³-hybridized carbons (Fsp3) is 0.190. The first kappa shape index (κ1) is 18.5. The number of hydrogen-bond donors (Lipinski definition) is 3. The molecular weight excluding hydrogens is 370 g/mol. The predicted octanol–water partition coefficient (Wildman–Crippen LogP) is 3.69. The lowest BCUT2D eigenvalue weighted by molar-refractivity contribution is -0.120. The monoisotopic (exact) mass is 391 g/mol. The van der Waals surface area contributed by atoms with Crippen molar-refractivity contribution < 1.29 is 14.3 Å². The third-order valence-corrected chi connectivity index (χ3v) is 4.66. The number of aromatic nitrogens is 2. The highest BCUT2D eigenvalue weighted by molar-refractivity contribution is 6.06. The van der Waals surface area contributed by atoms with Crippen molar-refractivity contribution in [3.63, 3.8) is 0 Å². The van der Waals surface area contributed by atoms with Crippen LogP contribution in [0.2, 0.25) is 0 Å². The van der Waals surface area contributed by atoms with Crippen LogP contribution in [0.3, 0.4) is 0 Å². The molecule has 0 aliphatic carbocycles. The van der Waals surface area contributed by atoms with Crippen LogP contribution in [0.1, 0.15) is 11.1 Å². The number of hydrogen-bond acceptors (Lipinski definition) is 4. The number of H-pyrrole nitrogens is 1. The Morgan fingerprint density at radius 3 is 2.66 bits per heavy atom. The van der Waals surface area contributed by atoms with Gasteiger partial charge in [0.1, 0.15) is 11.4 Å². The maximum absolute atomic E-state index is 12.5. The Bertz CT molecular complexity index is 1090. The second kappa shape index (κ2) is 7.31. The highest BCUT2D eigenvalue weighted by Gasteiger charge is 2.25. The van der Waals surface area contributed by atoms with E-state index in [-0.39, 0.29) is 12.5 Å². The van der Waals surface area contributed by atoms with E-state index in [2.05, 4.69) is 26.9 Å². The van der Waals surface area contributed by atoms with Crippen molar-refractivity contribution in [1.82, 2.24) is 10.2 Å². The smallest absolute Gasteiger partial charge is 0.324 e. The van der Waals surface area contributed by atoms with E-state index in [1.165, 1.54) is 4.90 Å². The Hall–Kier alpha value is -3.81. The van der Waals surface area contributed by atoms with E-state index in [1.807, 2.05) is 26.0 Å². The van der Waals surface area contributed by atoms with Gasteiger partial charge in [0.2, 0.25) is 0 Å². The molecule has 0 saturated carbocycles. The van der Waals surface area contributed by atoms with Crippen LogP contribution in [-0.4, -0.2) is 35.8 Å². The number of aryl methyl sites for hydroxylation is 2. The second-order valence-electron chi connectivity index (χ2n) is 7.02. The number of carbonyl (C=O) groups excluding carboxylic acids is 2. The minimum absolute atomic E-state index is 0.0202. The molecule has 8 heteroatoms. The molecule has 1 aliphatic rings. The summed E-state index contributed by atoms with van der Waals surface area (Å²) in [5.74, 6) is 0.751. The minimum Gasteiger partial charge on any atom is -0.481 e. The summed E-state index contributed by atoms with van der Waals surface area (Å²) in [5.41, 5.74) is 5.10. The first-order valence-corrected chi connectivity index (χ1v) is 9.15. The molecule has 148 valence electrons. The van der Waals surface area contributed by atoms with E-state index in [9.17, 15) is 9.59 Å². The first-order valence-electron chi connectivity index (χ1n) is 9.15. The number of amides is 3. The largest absolute Gasteiger partial charge is 0.481 e. The molecule has 3 N–H and O–H groups in total. The third kappa shape index (κ3) is 3.77. The molecule has 29 heavy (non-hydrogen) atoms. The van der Waals surface area contributed by atoms with Gasteiger partial charge in [-0.25, -0.2) is 4.79 Å². The highest BCUT2D eigenvalue weighted by atomic mass is 16.5. The van der Waals surface area contributed by atoms with E-state index in [0.29, 0.717) is 22.9 Å². The Morgan fingerprint density at radius 2 is 1.90 bits per heavy atom. The van der Waals surface area contributed by atoms with E-state index < -0.39 is 6.03 Å². The number of aromatic amines is 1. The number of fused-ring (bicyclic) bond motifs is 1. The number of urea groups is 1. The quantitative estimate of drug-likeness (QED) is 0.634. The molecule has 1 aliphatic heterocycles. The van der Waals surface area contributed by atoms with Gasteiger partial charge in [-0.1, -0.05) is 23.3 Å². The van der Waals surface area contributed by atoms with Gasteiger partial charge in [0, 0.05) is 18.7 Å². The fourth-order valence-corrected chi connectivity index (χ4v) is 3.38. The predicted molar refractivity (Wildman–Crippen MR) is 111 cm³/mol. The molecule has 0 atom stereocenters. The number of rotatable bonds is 3. The average molecular weight is 391 g/mol. The third-order valence-electron chi connectivity index (χ3n) is 4.66. The Labute approximate surface area is 167 Å². The number of likely N-dealkylation sites (N-methyl/N-ethyl adjacent to an activating group) is 1. The number of nitrogens with zero attached hydrogens (tertiary/aromatic N) is 2. The van der Waals surface area contributed by atoms with Gasteiger partial charge in [0.25, 0.3) is 5.91 Å². The number of carbonyl (C=O) groups is 2. The zero-order valence-corrected chi connectivity index (χ0v) is 16.4. The number of benzene rings is 2. The molecule has 1 aromatic heterocycles. The molecule has 0 fully saturated rings. The molecule has 4 rings (SSSR count). The molecule has 0 bridgehead atoms. The van der Waals surface area contributed by atoms with Crippen LogP contribution in [0.4, 0.5) is 22.0 Å². The summed E-state index contributed by atoms with van der Waals surface area (Å²) in [6.07, 6.45) is 0. The summed E-state index contributed by atoms with van der Waals surface area (Å²) < 4.78 is 5.44. The van der Waals surface area contributed by atoms with Crippen LogP contribution in [0.25, 0.3) is 11.3 Å². The maximum atomic E-state index is 12.5. The Balaban J connectivity index is 1.51. The lowest BCUT2D eigenvalue weighted by Gasteiger charge is -2.28. The van der Waals surface area contributed by atoms with Gasteiger partial charge < -0.3 is 15.0 Å². The molecule has 0 unspecified atom stereocenters. The van der Waals surface area contributed by atoms with Crippen LogP contribution >= 0.6 is 0 Å². The molecule has 3 amide bonds. The SMILES string of the molecule is Cc1cc(C)cc(-c2cc(NC(=O)Nc3cccc4c3N(C)C(=O)CO4)n[nH]2)c1. The van der Waals surface area contributed by atoms with Crippen molar-refractivity contribution in [1.29, 1.82) is 0 Å². The van der Waals surface area contributed by atoms with Gasteiger partial charge in [-0.2, -0.15) is 5.10 Å². The summed E-state index contributed by atoms with van der Waals surface area (Å²) >= 11 is 0. The number of ether oxygens (including phenoxy) is 1. The van der Waals surface area contributed by atoms with E-state index in [4.69, 9.17) is 4.74 Å². The zero-order chi connectivity index (χ0) is 20.5. The van der Waals surface area contributed by atoms with Gasteiger partial charge in [-0.05, 0) is 38.1 Å². The average Bonchev–Trinajstić information content (AvgIpc) is 3.12. The lowest BCUT2D eigenvalue weighted by Crippen LogP contribution is -2.36. The summed E-state index contributed by atoms with van der Waals surface area (Å²) in [7, 11) is 1.65. The van der Waals surface area contributed by atoms with E-state index >= 15 is 0 Å². The second-order valence-corrected chi connectivity index (χ2v) is 7.02. The summed E-state index contributed by atoms with van der Waals surface area (Å²) in [5, 5.41) is 12.6.